The van der Waals surface area contributed by atoms with E-state index in [0.717, 1.165) is 0 Å². The van der Waals surface area contributed by atoms with Crippen LogP contribution < -0.4 is 5.30 Å². The van der Waals surface area contributed by atoms with Crippen molar-refractivity contribution in [3.8, 4) is 0 Å². The maximum Gasteiger partial charge on any atom is 0.0151 e. The topological polar surface area (TPSA) is 15.8 Å². The molecule has 1 N–H and O–H groups in total. The van der Waals surface area contributed by atoms with Crippen molar-refractivity contribution in [2.24, 2.45) is 0 Å². The molecule has 0 bridgehead atoms. The summed E-state index contributed by atoms with van der Waals surface area (Å²) in [4.78, 5) is 3.12. The van der Waals surface area contributed by atoms with E-state index in [4.69, 9.17) is 0 Å². The highest BCUT2D eigenvalue weighted by Gasteiger charge is 1.94. The van der Waals surface area contributed by atoms with Crippen LogP contribution in [-0.2, 0) is 0 Å². The normalized spacial score (nSPS) is 9.88. The van der Waals surface area contributed by atoms with Crippen molar-refractivity contribution < 1.29 is 0 Å². The lowest BCUT2D eigenvalue weighted by molar-refractivity contribution is 1.23. The zero-order valence-electron chi connectivity index (χ0n) is 5.15. The van der Waals surface area contributed by atoms with Crippen LogP contribution in [0.1, 0.15) is 11.3 Å². The van der Waals surface area contributed by atoms with Gasteiger partial charge in [0, 0.05) is 11.9 Å². The van der Waals surface area contributed by atoms with Crippen LogP contribution in [0.15, 0.2) is 6.20 Å². The largest absolute Gasteiger partial charge is 0.364 e. The zero-order chi connectivity index (χ0) is 6.15. The fraction of sp³-hybridized carbons (Fsp3) is 0.333. The second-order valence-electron chi connectivity index (χ2n) is 1.99. The standard InChI is InChI=1S/C6H10NP/c1-4-5(2)7-3-6(4)8/h3,7H,8H2,1-2H3. The van der Waals surface area contributed by atoms with Gasteiger partial charge in [0.1, 0.15) is 0 Å². The summed E-state index contributed by atoms with van der Waals surface area (Å²) in [5.74, 6) is 0. The lowest BCUT2D eigenvalue weighted by atomic mass is 10.3. The number of H-pyrrole nitrogens is 1. The lowest BCUT2D eigenvalue weighted by Crippen LogP contribution is -1.87. The number of aromatic amines is 1. The van der Waals surface area contributed by atoms with Crippen molar-refractivity contribution in [3.63, 3.8) is 0 Å². The first-order valence-corrected chi connectivity index (χ1v) is 3.19. The van der Waals surface area contributed by atoms with Gasteiger partial charge in [-0.05, 0) is 24.7 Å². The Bertz CT molecular complexity index is 171. The van der Waals surface area contributed by atoms with E-state index < -0.39 is 0 Å². The van der Waals surface area contributed by atoms with Crippen molar-refractivity contribution in [1.82, 2.24) is 4.98 Å². The van der Waals surface area contributed by atoms with Crippen molar-refractivity contribution in [1.29, 1.82) is 0 Å². The van der Waals surface area contributed by atoms with E-state index in [-0.39, 0.29) is 0 Å². The highest BCUT2D eigenvalue weighted by molar-refractivity contribution is 7.27. The molecular weight excluding hydrogens is 117 g/mol. The molecule has 8 heavy (non-hydrogen) atoms. The summed E-state index contributed by atoms with van der Waals surface area (Å²) >= 11 is 0. The molecule has 2 heteroatoms. The van der Waals surface area contributed by atoms with Crippen LogP contribution in [-0.4, -0.2) is 4.98 Å². The second kappa shape index (κ2) is 1.91. The van der Waals surface area contributed by atoms with Gasteiger partial charge in [0.2, 0.25) is 0 Å². The molecule has 0 radical (unpaired) electrons. The molecule has 1 nitrogen and oxygen atoms in total. The SMILES string of the molecule is Cc1[nH]cc(P)c1C. The van der Waals surface area contributed by atoms with Crippen LogP contribution in [0, 0.1) is 13.8 Å². The number of aromatic nitrogens is 1. The fourth-order valence-electron chi connectivity index (χ4n) is 0.619. The van der Waals surface area contributed by atoms with Gasteiger partial charge in [0.15, 0.2) is 0 Å². The van der Waals surface area contributed by atoms with E-state index in [0.29, 0.717) is 0 Å². The van der Waals surface area contributed by atoms with E-state index in [1.54, 1.807) is 0 Å². The van der Waals surface area contributed by atoms with Crippen LogP contribution in [0.25, 0.3) is 0 Å². The molecule has 0 aliphatic heterocycles. The van der Waals surface area contributed by atoms with E-state index in [1.165, 1.54) is 16.6 Å². The molecule has 1 aromatic rings. The minimum atomic E-state index is 1.26. The van der Waals surface area contributed by atoms with Gasteiger partial charge in [0.05, 0.1) is 0 Å². The van der Waals surface area contributed by atoms with Crippen LogP contribution in [0.2, 0.25) is 0 Å². The Morgan fingerprint density at radius 1 is 1.50 bits per heavy atom. The Morgan fingerprint density at radius 3 is 2.25 bits per heavy atom. The van der Waals surface area contributed by atoms with Gasteiger partial charge in [-0.25, -0.2) is 0 Å². The summed E-state index contributed by atoms with van der Waals surface area (Å²) in [6.07, 6.45) is 2.00. The Labute approximate surface area is 51.7 Å². The van der Waals surface area contributed by atoms with Crippen LogP contribution in [0.5, 0.6) is 0 Å². The molecule has 0 spiro atoms. The fourth-order valence-corrected chi connectivity index (χ4v) is 0.919. The Balaban J connectivity index is 3.19. The van der Waals surface area contributed by atoms with Gasteiger partial charge in [-0.1, -0.05) is 0 Å². The average Bonchev–Trinajstić information content (AvgIpc) is 1.98. The minimum absolute atomic E-state index is 1.26. The Kier molecular flexibility index (Phi) is 1.39. The predicted octanol–water partition coefficient (Wildman–Crippen LogP) is 1.13. The van der Waals surface area contributed by atoms with Crippen molar-refractivity contribution in [2.75, 3.05) is 0 Å². The lowest BCUT2D eigenvalue weighted by Gasteiger charge is -1.86. The third-order valence-electron chi connectivity index (χ3n) is 1.44. The number of hydrogen-bond acceptors (Lipinski definition) is 0. The maximum atomic E-state index is 3.12. The van der Waals surface area contributed by atoms with Gasteiger partial charge in [0.25, 0.3) is 0 Å². The number of aryl methyl sites for hydroxylation is 1. The van der Waals surface area contributed by atoms with Crippen LogP contribution >= 0.6 is 9.24 Å². The molecule has 1 rings (SSSR count). The monoisotopic (exact) mass is 127 g/mol. The molecule has 0 aliphatic rings. The first-order chi connectivity index (χ1) is 3.72. The average molecular weight is 127 g/mol. The van der Waals surface area contributed by atoms with Gasteiger partial charge >= 0.3 is 0 Å². The molecule has 0 fully saturated rings. The Hall–Kier alpha value is -0.290. The van der Waals surface area contributed by atoms with E-state index >= 15 is 0 Å². The van der Waals surface area contributed by atoms with E-state index in [1.807, 2.05) is 6.20 Å². The third kappa shape index (κ3) is 0.784. The van der Waals surface area contributed by atoms with E-state index in [9.17, 15) is 0 Å². The first kappa shape index (κ1) is 5.84. The number of hydrogen-bond donors (Lipinski definition) is 1. The van der Waals surface area contributed by atoms with Crippen LogP contribution in [0.3, 0.4) is 0 Å². The van der Waals surface area contributed by atoms with Crippen molar-refractivity contribution in [2.45, 2.75) is 13.8 Å². The molecule has 44 valence electrons. The molecule has 1 unspecified atom stereocenters. The van der Waals surface area contributed by atoms with Crippen LogP contribution in [0.4, 0.5) is 0 Å². The van der Waals surface area contributed by atoms with Crippen molar-refractivity contribution >= 4 is 14.5 Å². The molecule has 0 saturated carbocycles. The smallest absolute Gasteiger partial charge is 0.0151 e. The maximum absolute atomic E-state index is 3.12. The molecule has 1 atom stereocenters. The van der Waals surface area contributed by atoms with Gasteiger partial charge in [-0.15, -0.1) is 9.24 Å². The third-order valence-corrected chi connectivity index (χ3v) is 2.04. The predicted molar refractivity (Wildman–Crippen MR) is 39.6 cm³/mol. The summed E-state index contributed by atoms with van der Waals surface area (Å²) in [5, 5.41) is 1.27. The highest BCUT2D eigenvalue weighted by Crippen LogP contribution is 2.02. The van der Waals surface area contributed by atoms with Gasteiger partial charge in [-0.2, -0.15) is 0 Å². The highest BCUT2D eigenvalue weighted by atomic mass is 31.0. The van der Waals surface area contributed by atoms with Gasteiger partial charge < -0.3 is 4.98 Å². The van der Waals surface area contributed by atoms with Crippen molar-refractivity contribution in [3.05, 3.63) is 17.5 Å². The quantitative estimate of drug-likeness (QED) is 0.503. The number of rotatable bonds is 0. The molecule has 1 heterocycles. The van der Waals surface area contributed by atoms with E-state index in [2.05, 4.69) is 28.1 Å². The Morgan fingerprint density at radius 2 is 2.12 bits per heavy atom. The summed E-state index contributed by atoms with van der Waals surface area (Å²) < 4.78 is 0. The minimum Gasteiger partial charge on any atom is -0.364 e. The molecule has 1 aromatic heterocycles. The molecule has 0 saturated heterocycles. The van der Waals surface area contributed by atoms with Gasteiger partial charge in [-0.3, -0.25) is 0 Å². The first-order valence-electron chi connectivity index (χ1n) is 2.62. The molecular formula is C6H10NP. The molecule has 0 amide bonds. The summed E-state index contributed by atoms with van der Waals surface area (Å²) in [6.45, 7) is 4.18. The molecule has 0 aliphatic carbocycles. The summed E-state index contributed by atoms with van der Waals surface area (Å²) in [7, 11) is 2.68. The summed E-state index contributed by atoms with van der Waals surface area (Å²) in [5.41, 5.74) is 2.60. The summed E-state index contributed by atoms with van der Waals surface area (Å²) in [6, 6.07) is 0. The molecule has 0 aromatic carbocycles. The zero-order valence-corrected chi connectivity index (χ0v) is 6.31. The number of nitrogens with one attached hydrogen (secondary N) is 1. The second-order valence-corrected chi connectivity index (χ2v) is 2.62.